The van der Waals surface area contributed by atoms with Crippen molar-refractivity contribution in [2.24, 2.45) is 11.8 Å². The van der Waals surface area contributed by atoms with Gasteiger partial charge in [0.15, 0.2) is 0 Å². The van der Waals surface area contributed by atoms with E-state index in [9.17, 15) is 9.50 Å². The van der Waals surface area contributed by atoms with Gasteiger partial charge in [-0.1, -0.05) is 26.0 Å². The molecule has 0 fully saturated rings. The normalized spacial score (nSPS) is 13.3. The molecule has 108 valence electrons. The second kappa shape index (κ2) is 7.61. The van der Waals surface area contributed by atoms with Crippen LogP contribution in [0.25, 0.3) is 0 Å². The summed E-state index contributed by atoms with van der Waals surface area (Å²) in [6.45, 7) is 8.12. The molecular formula is C16H26FNO. The van der Waals surface area contributed by atoms with Gasteiger partial charge in [0.1, 0.15) is 5.82 Å². The zero-order valence-corrected chi connectivity index (χ0v) is 12.5. The highest BCUT2D eigenvalue weighted by Crippen LogP contribution is 2.13. The van der Waals surface area contributed by atoms with E-state index < -0.39 is 0 Å². The van der Waals surface area contributed by atoms with Gasteiger partial charge in [0, 0.05) is 19.7 Å². The molecular weight excluding hydrogens is 241 g/mol. The van der Waals surface area contributed by atoms with E-state index >= 15 is 0 Å². The number of hydrogen-bond acceptors (Lipinski definition) is 2. The van der Waals surface area contributed by atoms with E-state index in [-0.39, 0.29) is 12.4 Å². The first-order chi connectivity index (χ1) is 8.93. The number of aliphatic hydroxyl groups excluding tert-OH is 1. The first-order valence-corrected chi connectivity index (χ1v) is 6.98. The molecule has 0 aliphatic heterocycles. The largest absolute Gasteiger partial charge is 0.396 e. The molecule has 1 aromatic carbocycles. The standard InChI is InChI=1S/C16H26FNO/c1-12(2)15(11-19)10-18(4)8-7-14-5-6-16(17)13(3)9-14/h5-6,9,12,15,19H,7-8,10-11H2,1-4H3. The van der Waals surface area contributed by atoms with E-state index in [2.05, 4.69) is 25.8 Å². The van der Waals surface area contributed by atoms with Gasteiger partial charge in [0.05, 0.1) is 0 Å². The zero-order chi connectivity index (χ0) is 14.4. The quantitative estimate of drug-likeness (QED) is 0.821. The molecule has 1 atom stereocenters. The molecule has 1 N–H and O–H groups in total. The number of nitrogens with zero attached hydrogens (tertiary/aromatic N) is 1. The van der Waals surface area contributed by atoms with Crippen LogP contribution in [0.3, 0.4) is 0 Å². The molecule has 0 saturated heterocycles. The fraction of sp³-hybridized carbons (Fsp3) is 0.625. The monoisotopic (exact) mass is 267 g/mol. The first-order valence-electron chi connectivity index (χ1n) is 6.98. The molecule has 0 aromatic heterocycles. The van der Waals surface area contributed by atoms with Crippen molar-refractivity contribution in [1.29, 1.82) is 0 Å². The molecule has 0 aliphatic carbocycles. The number of hydrogen-bond donors (Lipinski definition) is 1. The van der Waals surface area contributed by atoms with Gasteiger partial charge in [-0.25, -0.2) is 4.39 Å². The summed E-state index contributed by atoms with van der Waals surface area (Å²) in [5, 5.41) is 9.33. The third-order valence-corrected chi connectivity index (χ3v) is 3.73. The van der Waals surface area contributed by atoms with Gasteiger partial charge in [-0.3, -0.25) is 0 Å². The summed E-state index contributed by atoms with van der Waals surface area (Å²) >= 11 is 0. The van der Waals surface area contributed by atoms with Crippen LogP contribution in [0.4, 0.5) is 4.39 Å². The fourth-order valence-electron chi connectivity index (χ4n) is 2.15. The number of likely N-dealkylation sites (N-methyl/N-ethyl adjacent to an activating group) is 1. The van der Waals surface area contributed by atoms with Crippen molar-refractivity contribution < 1.29 is 9.50 Å². The number of rotatable bonds is 7. The Morgan fingerprint density at radius 2 is 2.00 bits per heavy atom. The van der Waals surface area contributed by atoms with Gasteiger partial charge in [-0.05, 0) is 49.4 Å². The average Bonchev–Trinajstić information content (AvgIpc) is 2.37. The summed E-state index contributed by atoms with van der Waals surface area (Å²) in [4.78, 5) is 2.24. The predicted molar refractivity (Wildman–Crippen MR) is 77.8 cm³/mol. The average molecular weight is 267 g/mol. The Hall–Kier alpha value is -0.930. The Bertz CT molecular complexity index is 392. The third kappa shape index (κ3) is 5.29. The van der Waals surface area contributed by atoms with E-state index in [1.165, 1.54) is 6.07 Å². The molecule has 0 radical (unpaired) electrons. The van der Waals surface area contributed by atoms with E-state index in [0.29, 0.717) is 17.4 Å². The fourth-order valence-corrected chi connectivity index (χ4v) is 2.15. The van der Waals surface area contributed by atoms with Crippen molar-refractivity contribution in [2.45, 2.75) is 27.2 Å². The Labute approximate surface area is 116 Å². The predicted octanol–water partition coefficient (Wildman–Crippen LogP) is 2.87. The van der Waals surface area contributed by atoms with Gasteiger partial charge in [0.25, 0.3) is 0 Å². The van der Waals surface area contributed by atoms with Gasteiger partial charge in [0.2, 0.25) is 0 Å². The summed E-state index contributed by atoms with van der Waals surface area (Å²) in [5.74, 6) is 0.665. The lowest BCUT2D eigenvalue weighted by Gasteiger charge is -2.25. The van der Waals surface area contributed by atoms with Crippen LogP contribution >= 0.6 is 0 Å². The van der Waals surface area contributed by atoms with Crippen LogP contribution in [0.2, 0.25) is 0 Å². The molecule has 3 heteroatoms. The van der Waals surface area contributed by atoms with Crippen LogP contribution in [0.15, 0.2) is 18.2 Å². The molecule has 0 heterocycles. The zero-order valence-electron chi connectivity index (χ0n) is 12.5. The van der Waals surface area contributed by atoms with Gasteiger partial charge < -0.3 is 10.0 Å². The molecule has 0 amide bonds. The highest BCUT2D eigenvalue weighted by atomic mass is 19.1. The molecule has 0 saturated carbocycles. The van der Waals surface area contributed by atoms with Crippen molar-refractivity contribution in [3.8, 4) is 0 Å². The van der Waals surface area contributed by atoms with Crippen LogP contribution in [0.1, 0.15) is 25.0 Å². The second-order valence-corrected chi connectivity index (χ2v) is 5.78. The molecule has 2 nitrogen and oxygen atoms in total. The number of halogens is 1. The maximum absolute atomic E-state index is 13.2. The molecule has 1 aromatic rings. The maximum Gasteiger partial charge on any atom is 0.126 e. The van der Waals surface area contributed by atoms with Crippen LogP contribution in [0.5, 0.6) is 0 Å². The molecule has 0 bridgehead atoms. The van der Waals surface area contributed by atoms with Crippen LogP contribution in [-0.2, 0) is 6.42 Å². The third-order valence-electron chi connectivity index (χ3n) is 3.73. The van der Waals surface area contributed by atoms with Gasteiger partial charge in [-0.2, -0.15) is 0 Å². The Morgan fingerprint density at radius 1 is 1.32 bits per heavy atom. The Morgan fingerprint density at radius 3 is 2.53 bits per heavy atom. The Kier molecular flexibility index (Phi) is 6.46. The van der Waals surface area contributed by atoms with Crippen molar-refractivity contribution in [3.63, 3.8) is 0 Å². The molecule has 1 unspecified atom stereocenters. The number of benzene rings is 1. The SMILES string of the molecule is Cc1cc(CCN(C)CC(CO)C(C)C)ccc1F. The molecule has 0 aliphatic rings. The lowest BCUT2D eigenvalue weighted by atomic mass is 9.96. The summed E-state index contributed by atoms with van der Waals surface area (Å²) < 4.78 is 13.2. The van der Waals surface area contributed by atoms with E-state index in [4.69, 9.17) is 0 Å². The Balaban J connectivity index is 2.45. The lowest BCUT2D eigenvalue weighted by molar-refractivity contribution is 0.147. The van der Waals surface area contributed by atoms with Crippen molar-refractivity contribution in [3.05, 3.63) is 35.1 Å². The first kappa shape index (κ1) is 16.1. The van der Waals surface area contributed by atoms with E-state index in [0.717, 1.165) is 25.1 Å². The summed E-state index contributed by atoms with van der Waals surface area (Å²) in [6, 6.07) is 5.30. The van der Waals surface area contributed by atoms with Crippen LogP contribution in [-0.4, -0.2) is 36.8 Å². The molecule has 1 rings (SSSR count). The molecule has 0 spiro atoms. The van der Waals surface area contributed by atoms with Gasteiger partial charge in [-0.15, -0.1) is 0 Å². The smallest absolute Gasteiger partial charge is 0.126 e. The lowest BCUT2D eigenvalue weighted by Crippen LogP contribution is -2.32. The summed E-state index contributed by atoms with van der Waals surface area (Å²) in [7, 11) is 2.07. The molecule has 19 heavy (non-hydrogen) atoms. The van der Waals surface area contributed by atoms with Crippen molar-refractivity contribution >= 4 is 0 Å². The second-order valence-electron chi connectivity index (χ2n) is 5.78. The minimum atomic E-state index is -0.141. The summed E-state index contributed by atoms with van der Waals surface area (Å²) in [6.07, 6.45) is 0.911. The topological polar surface area (TPSA) is 23.5 Å². The number of aryl methyl sites for hydroxylation is 1. The summed E-state index contributed by atoms with van der Waals surface area (Å²) in [5.41, 5.74) is 1.87. The van der Waals surface area contributed by atoms with Crippen molar-refractivity contribution in [1.82, 2.24) is 4.90 Å². The van der Waals surface area contributed by atoms with Gasteiger partial charge >= 0.3 is 0 Å². The highest BCUT2D eigenvalue weighted by Gasteiger charge is 2.14. The highest BCUT2D eigenvalue weighted by molar-refractivity contribution is 5.24. The van der Waals surface area contributed by atoms with Crippen molar-refractivity contribution in [2.75, 3.05) is 26.7 Å². The van der Waals surface area contributed by atoms with Crippen LogP contribution in [0, 0.1) is 24.6 Å². The van der Waals surface area contributed by atoms with E-state index in [1.54, 1.807) is 6.92 Å². The minimum Gasteiger partial charge on any atom is -0.396 e. The minimum absolute atomic E-state index is 0.141. The maximum atomic E-state index is 13.2. The van der Waals surface area contributed by atoms with Crippen LogP contribution < -0.4 is 0 Å². The number of aliphatic hydroxyl groups is 1. The van der Waals surface area contributed by atoms with E-state index in [1.807, 2.05) is 12.1 Å².